The molecule has 120 valence electrons. The molecule has 0 saturated heterocycles. The average Bonchev–Trinajstić information content (AvgIpc) is 3.18. The second-order valence-corrected chi connectivity index (χ2v) is 6.88. The number of methoxy groups -OCH3 is 1. The maximum atomic E-state index is 13.4. The summed E-state index contributed by atoms with van der Waals surface area (Å²) in [7, 11) is 1.59. The van der Waals surface area contributed by atoms with E-state index in [1.54, 1.807) is 36.3 Å². The topological polar surface area (TPSA) is 35.3 Å². The monoisotopic (exact) mass is 349 g/mol. The Bertz CT molecular complexity index is 784. The summed E-state index contributed by atoms with van der Waals surface area (Å²) in [5.74, 6) is 3.31. The minimum absolute atomic E-state index is 0.251. The van der Waals surface area contributed by atoms with Gasteiger partial charge in [0.2, 0.25) is 5.89 Å². The van der Waals surface area contributed by atoms with Crippen LogP contribution in [-0.2, 0) is 11.5 Å². The third kappa shape index (κ3) is 3.76. The zero-order valence-electron chi connectivity index (χ0n) is 12.8. The van der Waals surface area contributed by atoms with Crippen LogP contribution in [0.5, 0.6) is 5.75 Å². The lowest BCUT2D eigenvalue weighted by atomic mass is 10.2. The van der Waals surface area contributed by atoms with Crippen molar-refractivity contribution in [3.05, 3.63) is 58.5 Å². The van der Waals surface area contributed by atoms with Crippen LogP contribution in [0.25, 0.3) is 10.8 Å². The summed E-state index contributed by atoms with van der Waals surface area (Å²) < 4.78 is 24.4. The number of ether oxygens (including phenoxy) is 1. The van der Waals surface area contributed by atoms with Crippen LogP contribution in [0.4, 0.5) is 4.39 Å². The number of aryl methyl sites for hydroxylation is 1. The molecule has 3 rings (SSSR count). The number of oxazole rings is 1. The second-order valence-electron chi connectivity index (χ2n) is 4.95. The molecule has 0 amide bonds. The third-order valence-electron chi connectivity index (χ3n) is 3.36. The Morgan fingerprint density at radius 3 is 2.91 bits per heavy atom. The van der Waals surface area contributed by atoms with Gasteiger partial charge in [0.15, 0.2) is 0 Å². The first-order valence-electron chi connectivity index (χ1n) is 7.07. The number of hydrogen-bond donors (Lipinski definition) is 0. The highest BCUT2D eigenvalue weighted by molar-refractivity contribution is 7.97. The number of halogens is 1. The lowest BCUT2D eigenvalue weighted by molar-refractivity contribution is 0.410. The molecule has 3 nitrogen and oxygen atoms in total. The maximum Gasteiger partial charge on any atom is 0.236 e. The van der Waals surface area contributed by atoms with E-state index in [1.165, 1.54) is 12.1 Å². The van der Waals surface area contributed by atoms with Gasteiger partial charge in [-0.3, -0.25) is 0 Å². The molecule has 0 bridgehead atoms. The van der Waals surface area contributed by atoms with Gasteiger partial charge in [0, 0.05) is 17.1 Å². The van der Waals surface area contributed by atoms with Crippen molar-refractivity contribution in [1.29, 1.82) is 0 Å². The van der Waals surface area contributed by atoms with Gasteiger partial charge in [-0.25, -0.2) is 9.37 Å². The van der Waals surface area contributed by atoms with Gasteiger partial charge in [-0.2, -0.15) is 11.8 Å². The van der Waals surface area contributed by atoms with Gasteiger partial charge >= 0.3 is 0 Å². The first-order valence-corrected chi connectivity index (χ1v) is 9.11. The first kappa shape index (κ1) is 16.1. The van der Waals surface area contributed by atoms with E-state index in [0.29, 0.717) is 23.1 Å². The Morgan fingerprint density at radius 2 is 2.17 bits per heavy atom. The lowest BCUT2D eigenvalue weighted by Gasteiger charge is -2.07. The van der Waals surface area contributed by atoms with E-state index in [0.717, 1.165) is 21.9 Å². The number of aromatic nitrogens is 1. The van der Waals surface area contributed by atoms with Crippen LogP contribution in [0.2, 0.25) is 0 Å². The minimum atomic E-state index is -0.251. The summed E-state index contributed by atoms with van der Waals surface area (Å²) in [6.07, 6.45) is 0. The fourth-order valence-electron chi connectivity index (χ4n) is 2.19. The van der Waals surface area contributed by atoms with E-state index in [4.69, 9.17) is 9.15 Å². The van der Waals surface area contributed by atoms with Gasteiger partial charge in [-0.05, 0) is 36.6 Å². The molecule has 0 aliphatic rings. The normalized spacial score (nSPS) is 10.9. The summed E-state index contributed by atoms with van der Waals surface area (Å²) in [5, 5.41) is 2.00. The van der Waals surface area contributed by atoms with E-state index in [1.807, 2.05) is 24.4 Å². The second kappa shape index (κ2) is 7.19. The lowest BCUT2D eigenvalue weighted by Crippen LogP contribution is -1.92. The molecule has 0 aliphatic heterocycles. The average molecular weight is 349 g/mol. The van der Waals surface area contributed by atoms with E-state index >= 15 is 0 Å². The molecular weight excluding hydrogens is 333 g/mol. The fourth-order valence-corrected chi connectivity index (χ4v) is 3.84. The molecule has 0 aliphatic carbocycles. The van der Waals surface area contributed by atoms with Crippen molar-refractivity contribution in [1.82, 2.24) is 4.98 Å². The molecule has 23 heavy (non-hydrogen) atoms. The van der Waals surface area contributed by atoms with Crippen LogP contribution in [0.3, 0.4) is 0 Å². The van der Waals surface area contributed by atoms with E-state index in [2.05, 4.69) is 4.98 Å². The van der Waals surface area contributed by atoms with Gasteiger partial charge in [-0.15, -0.1) is 11.3 Å². The fraction of sp³-hybridized carbons (Fsp3) is 0.235. The zero-order chi connectivity index (χ0) is 16.2. The Morgan fingerprint density at radius 1 is 1.30 bits per heavy atom. The number of thioether (sulfide) groups is 1. The van der Waals surface area contributed by atoms with Crippen molar-refractivity contribution in [3.8, 4) is 16.5 Å². The largest absolute Gasteiger partial charge is 0.496 e. The SMILES string of the molecule is COc1ccc(F)cc1CSCc1nc(-c2cccs2)oc1C. The number of rotatable bonds is 6. The number of benzene rings is 1. The van der Waals surface area contributed by atoms with Gasteiger partial charge in [0.25, 0.3) is 0 Å². The van der Waals surface area contributed by atoms with Gasteiger partial charge < -0.3 is 9.15 Å². The highest BCUT2D eigenvalue weighted by Gasteiger charge is 2.13. The summed E-state index contributed by atoms with van der Waals surface area (Å²) in [5.41, 5.74) is 1.77. The quantitative estimate of drug-likeness (QED) is 0.605. The number of hydrogen-bond acceptors (Lipinski definition) is 5. The maximum absolute atomic E-state index is 13.4. The predicted molar refractivity (Wildman–Crippen MR) is 92.5 cm³/mol. The molecule has 0 spiro atoms. The molecular formula is C17H16FNO2S2. The molecule has 3 aromatic rings. The number of nitrogens with zero attached hydrogens (tertiary/aromatic N) is 1. The molecule has 0 atom stereocenters. The molecule has 0 unspecified atom stereocenters. The van der Waals surface area contributed by atoms with E-state index in [9.17, 15) is 4.39 Å². The zero-order valence-corrected chi connectivity index (χ0v) is 14.5. The summed E-state index contributed by atoms with van der Waals surface area (Å²) in [4.78, 5) is 5.59. The van der Waals surface area contributed by atoms with E-state index in [-0.39, 0.29) is 5.82 Å². The van der Waals surface area contributed by atoms with Crippen LogP contribution in [0.1, 0.15) is 17.0 Å². The molecule has 0 saturated carbocycles. The van der Waals surface area contributed by atoms with E-state index < -0.39 is 0 Å². The summed E-state index contributed by atoms with van der Waals surface area (Å²) in [6, 6.07) is 8.54. The summed E-state index contributed by atoms with van der Waals surface area (Å²) >= 11 is 3.26. The smallest absolute Gasteiger partial charge is 0.236 e. The van der Waals surface area contributed by atoms with Crippen LogP contribution >= 0.6 is 23.1 Å². The molecule has 0 N–H and O–H groups in total. The van der Waals surface area contributed by atoms with Crippen molar-refractivity contribution in [2.75, 3.05) is 7.11 Å². The molecule has 0 fully saturated rings. The van der Waals surface area contributed by atoms with Crippen molar-refractivity contribution < 1.29 is 13.5 Å². The van der Waals surface area contributed by atoms with Crippen LogP contribution in [0.15, 0.2) is 40.1 Å². The summed E-state index contributed by atoms with van der Waals surface area (Å²) in [6.45, 7) is 1.92. The standard InChI is InChI=1S/C17H16FNO2S2/c1-11-14(19-17(21-11)16-4-3-7-23-16)10-22-9-12-8-13(18)5-6-15(12)20-2/h3-8H,9-10H2,1-2H3. The molecule has 2 heterocycles. The van der Waals surface area contributed by atoms with Gasteiger partial charge in [0.1, 0.15) is 17.3 Å². The van der Waals surface area contributed by atoms with Crippen molar-refractivity contribution in [2.24, 2.45) is 0 Å². The van der Waals surface area contributed by atoms with Crippen LogP contribution < -0.4 is 4.74 Å². The van der Waals surface area contributed by atoms with Crippen LogP contribution in [-0.4, -0.2) is 12.1 Å². The highest BCUT2D eigenvalue weighted by atomic mass is 32.2. The van der Waals surface area contributed by atoms with Gasteiger partial charge in [0.05, 0.1) is 17.7 Å². The van der Waals surface area contributed by atoms with Crippen molar-refractivity contribution in [3.63, 3.8) is 0 Å². The molecule has 1 aromatic carbocycles. The Balaban J connectivity index is 1.66. The van der Waals surface area contributed by atoms with Crippen LogP contribution in [0, 0.1) is 12.7 Å². The minimum Gasteiger partial charge on any atom is -0.496 e. The third-order valence-corrected chi connectivity index (χ3v) is 5.21. The van der Waals surface area contributed by atoms with Crippen molar-refractivity contribution in [2.45, 2.75) is 18.4 Å². The first-order chi connectivity index (χ1) is 11.2. The molecule has 6 heteroatoms. The Labute approximate surface area is 142 Å². The number of thiophene rings is 1. The molecule has 2 aromatic heterocycles. The van der Waals surface area contributed by atoms with Gasteiger partial charge in [-0.1, -0.05) is 6.07 Å². The predicted octanol–water partition coefficient (Wildman–Crippen LogP) is 5.29. The Hall–Kier alpha value is -1.79. The highest BCUT2D eigenvalue weighted by Crippen LogP contribution is 2.29. The Kier molecular flexibility index (Phi) is 5.03. The van der Waals surface area contributed by atoms with Crippen molar-refractivity contribution >= 4 is 23.1 Å². The molecule has 0 radical (unpaired) electrons.